The van der Waals surface area contributed by atoms with Crippen LogP contribution in [0.15, 0.2) is 24.3 Å². The molecule has 1 rings (SSSR count). The molecule has 0 heterocycles. The van der Waals surface area contributed by atoms with Crippen LogP contribution in [-0.2, 0) is 11.2 Å². The second-order valence-corrected chi connectivity index (χ2v) is 2.66. The van der Waals surface area contributed by atoms with Crippen molar-refractivity contribution in [3.05, 3.63) is 34.9 Å². The third kappa shape index (κ3) is 2.93. The van der Waals surface area contributed by atoms with Crippen LogP contribution in [0.25, 0.3) is 0 Å². The normalized spacial score (nSPS) is 17.4. The summed E-state index contributed by atoms with van der Waals surface area (Å²) in [5.41, 5.74) is 0.483. The fourth-order valence-corrected chi connectivity index (χ4v) is 0.867. The minimum Gasteiger partial charge on any atom is -0.481 e. The topological polar surface area (TPSA) is 37.3 Å². The Labute approximate surface area is 78.6 Å². The van der Waals surface area contributed by atoms with E-state index >= 15 is 0 Å². The first-order valence-corrected chi connectivity index (χ1v) is 3.73. The van der Waals surface area contributed by atoms with E-state index in [1.165, 1.54) is 0 Å². The van der Waals surface area contributed by atoms with Gasteiger partial charge in [-0.15, -0.1) is 0 Å². The molecule has 0 amide bonds. The first-order valence-electron chi connectivity index (χ1n) is 4.50. The zero-order valence-electron chi connectivity index (χ0n) is 8.20. The van der Waals surface area contributed by atoms with Crippen LogP contribution in [0.3, 0.4) is 0 Å². The molecule has 1 aromatic carbocycles. The van der Waals surface area contributed by atoms with Crippen LogP contribution in [-0.4, -0.2) is 11.1 Å². The van der Waals surface area contributed by atoms with Gasteiger partial charge in [0.2, 0.25) is 0 Å². The molecular formula is C9H9ClO2. The van der Waals surface area contributed by atoms with Gasteiger partial charge >= 0.3 is 5.97 Å². The monoisotopic (exact) mass is 186 g/mol. The molecule has 0 aliphatic heterocycles. The van der Waals surface area contributed by atoms with E-state index < -0.39 is 18.8 Å². The van der Waals surface area contributed by atoms with Crippen LogP contribution < -0.4 is 0 Å². The summed E-state index contributed by atoms with van der Waals surface area (Å²) in [5.74, 6) is -1.29. The summed E-state index contributed by atoms with van der Waals surface area (Å²) in [7, 11) is 0. The maximum absolute atomic E-state index is 10.4. The number of benzene rings is 1. The molecule has 0 aromatic heterocycles. The molecule has 1 N–H and O–H groups in total. The van der Waals surface area contributed by atoms with E-state index in [-0.39, 0.29) is 0 Å². The van der Waals surface area contributed by atoms with Crippen LogP contribution in [0, 0.1) is 0 Å². The molecule has 2 unspecified atom stereocenters. The average Bonchev–Trinajstić information content (AvgIpc) is 2.16. The fraction of sp³-hybridized carbons (Fsp3) is 0.222. The quantitative estimate of drug-likeness (QED) is 0.787. The second-order valence-electron chi connectivity index (χ2n) is 2.22. The van der Waals surface area contributed by atoms with Crippen LogP contribution in [0.5, 0.6) is 0 Å². The summed E-state index contributed by atoms with van der Waals surface area (Å²) in [6.07, 6.45) is -2.54. The van der Waals surface area contributed by atoms with E-state index in [0.29, 0.717) is 10.6 Å². The van der Waals surface area contributed by atoms with E-state index in [1.54, 1.807) is 24.3 Å². The van der Waals surface area contributed by atoms with Crippen LogP contribution in [0.4, 0.5) is 0 Å². The van der Waals surface area contributed by atoms with Crippen molar-refractivity contribution >= 4 is 17.6 Å². The van der Waals surface area contributed by atoms with Crippen molar-refractivity contribution in [3.63, 3.8) is 0 Å². The van der Waals surface area contributed by atoms with Crippen molar-refractivity contribution < 1.29 is 12.6 Å². The zero-order valence-corrected chi connectivity index (χ0v) is 6.95. The highest BCUT2D eigenvalue weighted by Gasteiger charge is 1.98. The minimum atomic E-state index is -1.46. The van der Waals surface area contributed by atoms with Gasteiger partial charge in [-0.05, 0) is 24.1 Å². The van der Waals surface area contributed by atoms with Gasteiger partial charge in [-0.25, -0.2) is 0 Å². The van der Waals surface area contributed by atoms with Crippen molar-refractivity contribution in [2.75, 3.05) is 0 Å². The number of carbonyl (C=O) groups is 1. The Hall–Kier alpha value is -1.02. The van der Waals surface area contributed by atoms with Gasteiger partial charge in [0.15, 0.2) is 0 Å². The smallest absolute Gasteiger partial charge is 0.303 e. The maximum Gasteiger partial charge on any atom is 0.303 e. The van der Waals surface area contributed by atoms with E-state index in [0.717, 1.165) is 0 Å². The Morgan fingerprint density at radius 3 is 2.58 bits per heavy atom. The lowest BCUT2D eigenvalue weighted by molar-refractivity contribution is -0.136. The first kappa shape index (κ1) is 6.49. The van der Waals surface area contributed by atoms with E-state index in [9.17, 15) is 4.79 Å². The Bertz CT molecular complexity index is 326. The molecule has 0 saturated carbocycles. The third-order valence-corrected chi connectivity index (χ3v) is 1.54. The molecule has 0 aliphatic carbocycles. The number of carboxylic acid groups (broad SMARTS) is 1. The molecule has 0 radical (unpaired) electrons. The summed E-state index contributed by atoms with van der Waals surface area (Å²) in [4.78, 5) is 10.4. The molecule has 3 heteroatoms. The minimum absolute atomic E-state index is 0.483. The standard InChI is InChI=1S/C9H9ClO2/c10-8-4-1-7(2-5-8)3-6-9(11)12/h1-2,4-5H,3,6H2,(H,11,12)/i3D,6D. The number of aryl methyl sites for hydroxylation is 1. The van der Waals surface area contributed by atoms with Crippen LogP contribution in [0.2, 0.25) is 5.02 Å². The number of carboxylic acids is 1. The van der Waals surface area contributed by atoms with Crippen molar-refractivity contribution in [2.24, 2.45) is 0 Å². The Kier molecular flexibility index (Phi) is 2.23. The van der Waals surface area contributed by atoms with Gasteiger partial charge in [0.25, 0.3) is 0 Å². The number of halogens is 1. The number of hydrogen-bond donors (Lipinski definition) is 1. The number of aliphatic carboxylic acids is 1. The molecule has 1 aromatic rings. The van der Waals surface area contributed by atoms with Gasteiger partial charge in [-0.2, -0.15) is 0 Å². The Morgan fingerprint density at radius 2 is 2.08 bits per heavy atom. The van der Waals surface area contributed by atoms with Gasteiger partial charge in [0, 0.05) is 14.2 Å². The van der Waals surface area contributed by atoms with Crippen molar-refractivity contribution in [1.29, 1.82) is 0 Å². The molecule has 2 nitrogen and oxygen atoms in total. The van der Waals surface area contributed by atoms with Crippen molar-refractivity contribution in [3.8, 4) is 0 Å². The third-order valence-electron chi connectivity index (χ3n) is 1.29. The summed E-state index contributed by atoms with van der Waals surface area (Å²) < 4.78 is 14.7. The van der Waals surface area contributed by atoms with Gasteiger partial charge in [0.05, 0.1) is 0 Å². The highest BCUT2D eigenvalue weighted by atomic mass is 35.5. The molecule has 0 bridgehead atoms. The highest BCUT2D eigenvalue weighted by Crippen LogP contribution is 2.10. The molecule has 64 valence electrons. The van der Waals surface area contributed by atoms with Gasteiger partial charge in [0.1, 0.15) is 0 Å². The molecule has 0 saturated heterocycles. The van der Waals surface area contributed by atoms with E-state index in [1.807, 2.05) is 0 Å². The van der Waals surface area contributed by atoms with Gasteiger partial charge in [-0.1, -0.05) is 23.7 Å². The van der Waals surface area contributed by atoms with E-state index in [4.69, 9.17) is 19.4 Å². The Morgan fingerprint density at radius 1 is 1.50 bits per heavy atom. The Balaban J connectivity index is 2.84. The first-order chi connectivity index (χ1) is 6.52. The molecule has 0 spiro atoms. The predicted octanol–water partition coefficient (Wildman–Crippen LogP) is 2.36. The fourth-order valence-electron chi connectivity index (χ4n) is 0.741. The molecular weight excluding hydrogens is 176 g/mol. The lowest BCUT2D eigenvalue weighted by Gasteiger charge is -1.97. The predicted molar refractivity (Wildman–Crippen MR) is 47.4 cm³/mol. The van der Waals surface area contributed by atoms with Crippen molar-refractivity contribution in [2.45, 2.75) is 12.8 Å². The van der Waals surface area contributed by atoms with E-state index in [2.05, 4.69) is 0 Å². The SMILES string of the molecule is [2H]C(C(=O)O)C([2H])c1ccc(Cl)cc1. The van der Waals surface area contributed by atoms with Gasteiger partial charge < -0.3 is 5.11 Å². The summed E-state index contributed by atoms with van der Waals surface area (Å²) in [5, 5.41) is 9.06. The lowest BCUT2D eigenvalue weighted by atomic mass is 10.1. The van der Waals surface area contributed by atoms with Crippen LogP contribution in [0.1, 0.15) is 14.7 Å². The summed E-state index contributed by atoms with van der Waals surface area (Å²) >= 11 is 5.63. The molecule has 0 fully saturated rings. The molecule has 12 heavy (non-hydrogen) atoms. The highest BCUT2D eigenvalue weighted by molar-refractivity contribution is 6.30. The number of hydrogen-bond acceptors (Lipinski definition) is 1. The molecule has 2 atom stereocenters. The second kappa shape index (κ2) is 4.12. The van der Waals surface area contributed by atoms with Gasteiger partial charge in [-0.3, -0.25) is 4.79 Å². The van der Waals surface area contributed by atoms with Crippen molar-refractivity contribution in [1.82, 2.24) is 0 Å². The molecule has 0 aliphatic rings. The zero-order chi connectivity index (χ0) is 10.7. The van der Waals surface area contributed by atoms with Crippen LogP contribution >= 0.6 is 11.6 Å². The largest absolute Gasteiger partial charge is 0.481 e. The summed E-state index contributed by atoms with van der Waals surface area (Å²) in [6, 6.07) is 6.27. The summed E-state index contributed by atoms with van der Waals surface area (Å²) in [6.45, 7) is 0. The maximum atomic E-state index is 10.4. The number of rotatable bonds is 3. The average molecular weight is 187 g/mol. The lowest BCUT2D eigenvalue weighted by Crippen LogP contribution is -1.96.